The van der Waals surface area contributed by atoms with Gasteiger partial charge in [-0.15, -0.1) is 0 Å². The maximum absolute atomic E-state index is 11.7. The zero-order valence-corrected chi connectivity index (χ0v) is 8.92. The monoisotopic (exact) mass is 205 g/mol. The fourth-order valence-corrected chi connectivity index (χ4v) is 1.45. The van der Waals surface area contributed by atoms with Crippen molar-refractivity contribution in [3.63, 3.8) is 0 Å². The minimum absolute atomic E-state index is 0.335. The molecule has 1 saturated heterocycles. The van der Waals surface area contributed by atoms with Gasteiger partial charge in [0.05, 0.1) is 0 Å². The zero-order chi connectivity index (χ0) is 11.5. The largest absolute Gasteiger partial charge is 0.369 e. The van der Waals surface area contributed by atoms with Crippen molar-refractivity contribution >= 4 is 5.91 Å². The van der Waals surface area contributed by atoms with E-state index in [1.54, 1.807) is 7.05 Å². The Bertz CT molecular complexity index is 362. The van der Waals surface area contributed by atoms with Crippen molar-refractivity contribution < 1.29 is 9.90 Å². The lowest BCUT2D eigenvalue weighted by atomic mass is 9.92. The van der Waals surface area contributed by atoms with Gasteiger partial charge in [0.15, 0.2) is 0 Å². The molecule has 1 N–H and O–H groups in total. The van der Waals surface area contributed by atoms with Crippen LogP contribution >= 0.6 is 0 Å². The molecule has 1 fully saturated rings. The van der Waals surface area contributed by atoms with E-state index in [2.05, 4.69) is 25.0 Å². The van der Waals surface area contributed by atoms with Crippen molar-refractivity contribution in [3.05, 3.63) is 24.8 Å². The Morgan fingerprint density at radius 2 is 2.40 bits per heavy atom. The molecule has 3 heteroatoms. The molecular formula is C12H15NO2. The minimum Gasteiger partial charge on any atom is -0.369 e. The summed E-state index contributed by atoms with van der Waals surface area (Å²) in [6, 6.07) is 0. The number of nitrogens with zero attached hydrogens (tertiary/aromatic N) is 1. The third-order valence-electron chi connectivity index (χ3n) is 2.41. The summed E-state index contributed by atoms with van der Waals surface area (Å²) in [5.41, 5.74) is -1.04. The van der Waals surface area contributed by atoms with Crippen molar-refractivity contribution in [2.45, 2.75) is 18.4 Å². The molecule has 3 nitrogen and oxygen atoms in total. The number of likely N-dealkylation sites (N-methyl/N-ethyl adjacent to an activating group) is 1. The molecule has 0 aliphatic carbocycles. The Kier molecular flexibility index (Phi) is 3.33. The summed E-state index contributed by atoms with van der Waals surface area (Å²) in [7, 11) is 1.66. The molecule has 0 aromatic rings. The highest BCUT2D eigenvalue weighted by atomic mass is 16.3. The molecule has 80 valence electrons. The first-order chi connectivity index (χ1) is 6.99. The highest BCUT2D eigenvalue weighted by molar-refractivity contribution is 5.89. The van der Waals surface area contributed by atoms with Crippen LogP contribution in [0.4, 0.5) is 0 Å². The molecule has 0 spiro atoms. The van der Waals surface area contributed by atoms with Gasteiger partial charge in [-0.2, -0.15) is 0 Å². The van der Waals surface area contributed by atoms with Gasteiger partial charge in [-0.1, -0.05) is 31.1 Å². The van der Waals surface area contributed by atoms with Crippen LogP contribution in [0.3, 0.4) is 0 Å². The summed E-state index contributed by atoms with van der Waals surface area (Å²) in [5.74, 6) is 4.87. The first kappa shape index (κ1) is 11.5. The Labute approximate surface area is 90.1 Å². The molecule has 1 rings (SSSR count). The number of likely N-dealkylation sites (tertiary alicyclic amines) is 1. The molecule has 1 unspecified atom stereocenters. The van der Waals surface area contributed by atoms with Gasteiger partial charge in [-0.25, -0.2) is 0 Å². The standard InChI is InChI=1S/C12H15NO2/c1-4-10(2)6-8-12(15)7-5-9-13(3)11(12)14/h4,15H,1-2,5,7,9H2,3H3. The van der Waals surface area contributed by atoms with Gasteiger partial charge in [-0.3, -0.25) is 4.79 Å². The van der Waals surface area contributed by atoms with E-state index in [-0.39, 0.29) is 5.91 Å². The van der Waals surface area contributed by atoms with E-state index in [0.29, 0.717) is 18.5 Å². The van der Waals surface area contributed by atoms with Crippen molar-refractivity contribution in [3.8, 4) is 11.8 Å². The first-order valence-corrected chi connectivity index (χ1v) is 4.82. The number of aliphatic hydroxyl groups is 1. The summed E-state index contributed by atoms with van der Waals surface area (Å²) in [4.78, 5) is 13.2. The van der Waals surface area contributed by atoms with Gasteiger partial charge in [0.25, 0.3) is 5.91 Å². The normalized spacial score (nSPS) is 25.5. The predicted octanol–water partition coefficient (Wildman–Crippen LogP) is 0.715. The fourth-order valence-electron chi connectivity index (χ4n) is 1.45. The van der Waals surface area contributed by atoms with Crippen LogP contribution in [-0.2, 0) is 4.79 Å². The number of carbonyl (C=O) groups is 1. The van der Waals surface area contributed by atoms with Crippen LogP contribution < -0.4 is 0 Å². The van der Waals surface area contributed by atoms with E-state index in [0.717, 1.165) is 6.42 Å². The van der Waals surface area contributed by atoms with Gasteiger partial charge in [0.1, 0.15) is 0 Å². The number of allylic oxidation sites excluding steroid dienone is 2. The smallest absolute Gasteiger partial charge is 0.267 e. The predicted molar refractivity (Wildman–Crippen MR) is 58.9 cm³/mol. The summed E-state index contributed by atoms with van der Waals surface area (Å²) < 4.78 is 0. The highest BCUT2D eigenvalue weighted by Gasteiger charge is 2.39. The number of hydrogen-bond donors (Lipinski definition) is 1. The van der Waals surface area contributed by atoms with Crippen molar-refractivity contribution in [2.75, 3.05) is 13.6 Å². The molecule has 1 amide bonds. The van der Waals surface area contributed by atoms with Crippen LogP contribution in [-0.4, -0.2) is 35.1 Å². The molecule has 15 heavy (non-hydrogen) atoms. The quantitative estimate of drug-likeness (QED) is 0.506. The average Bonchev–Trinajstić information content (AvgIpc) is 2.23. The van der Waals surface area contributed by atoms with Crippen molar-refractivity contribution in [2.24, 2.45) is 0 Å². The van der Waals surface area contributed by atoms with Crippen LogP contribution in [0.5, 0.6) is 0 Å². The second-order valence-electron chi connectivity index (χ2n) is 3.67. The van der Waals surface area contributed by atoms with Crippen LogP contribution in [0.2, 0.25) is 0 Å². The second-order valence-corrected chi connectivity index (χ2v) is 3.67. The van der Waals surface area contributed by atoms with Crippen LogP contribution in [0.25, 0.3) is 0 Å². The molecule has 0 bridgehead atoms. The lowest BCUT2D eigenvalue weighted by Gasteiger charge is -2.32. The number of piperidine rings is 1. The zero-order valence-electron chi connectivity index (χ0n) is 8.92. The van der Waals surface area contributed by atoms with Crippen LogP contribution in [0, 0.1) is 11.8 Å². The van der Waals surface area contributed by atoms with Crippen molar-refractivity contribution in [1.29, 1.82) is 0 Å². The Balaban J connectivity index is 2.88. The second kappa shape index (κ2) is 4.33. The van der Waals surface area contributed by atoms with Crippen LogP contribution in [0.1, 0.15) is 12.8 Å². The number of carbonyl (C=O) groups excluding carboxylic acids is 1. The first-order valence-electron chi connectivity index (χ1n) is 4.82. The van der Waals surface area contributed by atoms with Crippen LogP contribution in [0.15, 0.2) is 24.8 Å². The number of amides is 1. The fraction of sp³-hybridized carbons (Fsp3) is 0.417. The summed E-state index contributed by atoms with van der Waals surface area (Å²) in [6.07, 6.45) is 2.63. The molecule has 0 radical (unpaired) electrons. The summed E-state index contributed by atoms with van der Waals surface area (Å²) in [5, 5.41) is 10.0. The Morgan fingerprint density at radius 1 is 1.73 bits per heavy atom. The van der Waals surface area contributed by atoms with Gasteiger partial charge in [0, 0.05) is 19.2 Å². The third kappa shape index (κ3) is 2.48. The topological polar surface area (TPSA) is 40.5 Å². The van der Waals surface area contributed by atoms with Gasteiger partial charge < -0.3 is 10.0 Å². The van der Waals surface area contributed by atoms with E-state index >= 15 is 0 Å². The molecule has 1 aliphatic heterocycles. The molecule has 0 saturated carbocycles. The maximum atomic E-state index is 11.7. The minimum atomic E-state index is -1.54. The number of hydrogen-bond acceptors (Lipinski definition) is 2. The summed E-state index contributed by atoms with van der Waals surface area (Å²) in [6.45, 7) is 7.78. The molecular weight excluding hydrogens is 190 g/mol. The third-order valence-corrected chi connectivity index (χ3v) is 2.41. The van der Waals surface area contributed by atoms with Gasteiger partial charge in [0.2, 0.25) is 5.60 Å². The Hall–Kier alpha value is -1.53. The summed E-state index contributed by atoms with van der Waals surface area (Å²) >= 11 is 0. The lowest BCUT2D eigenvalue weighted by molar-refractivity contribution is -0.148. The maximum Gasteiger partial charge on any atom is 0.267 e. The van der Waals surface area contributed by atoms with E-state index in [1.807, 2.05) is 0 Å². The lowest BCUT2D eigenvalue weighted by Crippen LogP contribution is -2.51. The average molecular weight is 205 g/mol. The van der Waals surface area contributed by atoms with Crippen molar-refractivity contribution in [1.82, 2.24) is 4.90 Å². The number of rotatable bonds is 1. The molecule has 1 aliphatic rings. The van der Waals surface area contributed by atoms with Gasteiger partial charge >= 0.3 is 0 Å². The SMILES string of the molecule is C=CC(=C)C#CC1(O)CCCN(C)C1=O. The van der Waals surface area contributed by atoms with E-state index in [9.17, 15) is 9.90 Å². The van der Waals surface area contributed by atoms with E-state index in [1.165, 1.54) is 11.0 Å². The molecule has 0 aromatic heterocycles. The van der Waals surface area contributed by atoms with Gasteiger partial charge in [-0.05, 0) is 12.8 Å². The van der Waals surface area contributed by atoms with E-state index in [4.69, 9.17) is 0 Å². The Morgan fingerprint density at radius 3 is 3.00 bits per heavy atom. The molecule has 1 atom stereocenters. The van der Waals surface area contributed by atoms with E-state index < -0.39 is 5.60 Å². The molecule has 0 aromatic carbocycles. The highest BCUT2D eigenvalue weighted by Crippen LogP contribution is 2.20. The molecule has 1 heterocycles.